The van der Waals surface area contributed by atoms with Crippen LogP contribution >= 0.6 is 11.6 Å². The number of nitrogens with one attached hydrogen (secondary N) is 1. The number of hydrogen-bond acceptors (Lipinski definition) is 3. The molecule has 3 heterocycles. The van der Waals surface area contributed by atoms with E-state index in [9.17, 15) is 9.59 Å². The van der Waals surface area contributed by atoms with Gasteiger partial charge in [0, 0.05) is 17.3 Å². The Balaban J connectivity index is 1.54. The average Bonchev–Trinajstić information content (AvgIpc) is 3.21. The number of nitrogens with zero attached hydrogens (tertiary/aromatic N) is 1. The van der Waals surface area contributed by atoms with Gasteiger partial charge in [-0.05, 0) is 43.9 Å². The lowest BCUT2D eigenvalue weighted by Crippen LogP contribution is -2.41. The highest BCUT2D eigenvalue weighted by Crippen LogP contribution is 2.48. The number of pyridine rings is 1. The van der Waals surface area contributed by atoms with Crippen molar-refractivity contribution in [3.8, 4) is 0 Å². The highest BCUT2D eigenvalue weighted by molar-refractivity contribution is 6.31. The molecule has 0 saturated carbocycles. The SMILES string of the molecule is CC1(C(=O)Nc2ccc(=O)n(Cc3ccccc3Cl)c2)CC2CCC1O2. The standard InChI is InChI=1S/C20H21ClN2O3/c1-20(10-15-7-8-17(20)26-15)19(25)22-14-6-9-18(24)23(12-14)11-13-4-2-3-5-16(13)21/h2-6,9,12,15,17H,7-8,10-11H2,1H3,(H,22,25). The van der Waals surface area contributed by atoms with Crippen LogP contribution in [0, 0.1) is 5.41 Å². The monoisotopic (exact) mass is 372 g/mol. The normalized spacial score (nSPS) is 26.8. The Labute approximate surface area is 156 Å². The Morgan fingerprint density at radius 2 is 2.12 bits per heavy atom. The van der Waals surface area contributed by atoms with Crippen LogP contribution in [-0.2, 0) is 16.1 Å². The maximum absolute atomic E-state index is 12.8. The molecule has 2 aliphatic heterocycles. The van der Waals surface area contributed by atoms with E-state index in [0.717, 1.165) is 24.8 Å². The number of rotatable bonds is 4. The molecule has 2 aliphatic rings. The molecular formula is C20H21ClN2O3. The molecule has 4 rings (SSSR count). The molecule has 0 aliphatic carbocycles. The summed E-state index contributed by atoms with van der Waals surface area (Å²) in [6.45, 7) is 2.32. The Morgan fingerprint density at radius 3 is 2.81 bits per heavy atom. The van der Waals surface area contributed by atoms with Crippen molar-refractivity contribution in [3.05, 3.63) is 63.5 Å². The molecule has 3 atom stereocenters. The first kappa shape index (κ1) is 17.3. The third kappa shape index (κ3) is 3.06. The lowest BCUT2D eigenvalue weighted by Gasteiger charge is -2.29. The maximum Gasteiger partial charge on any atom is 0.250 e. The lowest BCUT2D eigenvalue weighted by atomic mass is 9.75. The first-order chi connectivity index (χ1) is 12.5. The molecule has 6 heteroatoms. The van der Waals surface area contributed by atoms with E-state index in [2.05, 4.69) is 5.32 Å². The van der Waals surface area contributed by atoms with Crippen LogP contribution < -0.4 is 10.9 Å². The number of ether oxygens (including phenoxy) is 1. The number of halogens is 1. The Hall–Kier alpha value is -2.11. The summed E-state index contributed by atoms with van der Waals surface area (Å²) in [4.78, 5) is 25.0. The average molecular weight is 373 g/mol. The quantitative estimate of drug-likeness (QED) is 0.894. The van der Waals surface area contributed by atoms with Gasteiger partial charge in [-0.3, -0.25) is 9.59 Å². The number of carbonyl (C=O) groups excluding carboxylic acids is 1. The van der Waals surface area contributed by atoms with Crippen molar-refractivity contribution >= 4 is 23.2 Å². The van der Waals surface area contributed by atoms with Crippen LogP contribution in [0.3, 0.4) is 0 Å². The largest absolute Gasteiger partial charge is 0.374 e. The number of fused-ring (bicyclic) bond motifs is 2. The van der Waals surface area contributed by atoms with Gasteiger partial charge < -0.3 is 14.6 Å². The first-order valence-corrected chi connectivity index (χ1v) is 9.24. The second-order valence-electron chi connectivity index (χ2n) is 7.38. The first-order valence-electron chi connectivity index (χ1n) is 8.86. The fourth-order valence-electron chi connectivity index (χ4n) is 3.98. The fourth-order valence-corrected chi connectivity index (χ4v) is 4.18. The van der Waals surface area contributed by atoms with Crippen LogP contribution in [0.4, 0.5) is 5.69 Å². The van der Waals surface area contributed by atoms with Crippen LogP contribution in [0.1, 0.15) is 31.7 Å². The van der Waals surface area contributed by atoms with E-state index in [1.54, 1.807) is 22.9 Å². The molecule has 1 aromatic carbocycles. The number of anilines is 1. The molecule has 1 N–H and O–H groups in total. The van der Waals surface area contributed by atoms with Crippen molar-refractivity contribution in [1.29, 1.82) is 0 Å². The van der Waals surface area contributed by atoms with E-state index >= 15 is 0 Å². The van der Waals surface area contributed by atoms with Crippen LogP contribution in [0.25, 0.3) is 0 Å². The summed E-state index contributed by atoms with van der Waals surface area (Å²) in [7, 11) is 0. The molecule has 0 radical (unpaired) electrons. The summed E-state index contributed by atoms with van der Waals surface area (Å²) in [6.07, 6.45) is 4.58. The van der Waals surface area contributed by atoms with Crippen LogP contribution in [-0.4, -0.2) is 22.7 Å². The van der Waals surface area contributed by atoms with Gasteiger partial charge in [-0.1, -0.05) is 29.8 Å². The molecule has 0 spiro atoms. The molecule has 1 aromatic heterocycles. The number of aromatic nitrogens is 1. The van der Waals surface area contributed by atoms with Crippen molar-refractivity contribution in [3.63, 3.8) is 0 Å². The predicted molar refractivity (Wildman–Crippen MR) is 101 cm³/mol. The van der Waals surface area contributed by atoms with Gasteiger partial charge in [-0.25, -0.2) is 0 Å². The second kappa shape index (κ2) is 6.56. The molecule has 26 heavy (non-hydrogen) atoms. The molecule has 2 bridgehead atoms. The third-order valence-electron chi connectivity index (χ3n) is 5.53. The molecule has 1 amide bonds. The minimum atomic E-state index is -0.507. The number of benzene rings is 1. The predicted octanol–water partition coefficient (Wildman–Crippen LogP) is 3.45. The number of amides is 1. The summed E-state index contributed by atoms with van der Waals surface area (Å²) in [5, 5.41) is 3.58. The summed E-state index contributed by atoms with van der Waals surface area (Å²) in [5.41, 5.74) is 0.809. The van der Waals surface area contributed by atoms with Crippen molar-refractivity contribution in [2.45, 2.75) is 44.9 Å². The van der Waals surface area contributed by atoms with E-state index in [-0.39, 0.29) is 23.7 Å². The van der Waals surface area contributed by atoms with Gasteiger partial charge in [0.1, 0.15) is 0 Å². The smallest absolute Gasteiger partial charge is 0.250 e. The highest BCUT2D eigenvalue weighted by atomic mass is 35.5. The maximum atomic E-state index is 12.8. The van der Waals surface area contributed by atoms with Gasteiger partial charge in [0.15, 0.2) is 0 Å². The number of hydrogen-bond donors (Lipinski definition) is 1. The topological polar surface area (TPSA) is 60.3 Å². The van der Waals surface area contributed by atoms with Crippen molar-refractivity contribution in [2.24, 2.45) is 5.41 Å². The second-order valence-corrected chi connectivity index (χ2v) is 7.78. The van der Waals surface area contributed by atoms with Crippen molar-refractivity contribution < 1.29 is 9.53 Å². The van der Waals surface area contributed by atoms with Crippen LogP contribution in [0.15, 0.2) is 47.4 Å². The van der Waals surface area contributed by atoms with E-state index in [0.29, 0.717) is 17.3 Å². The van der Waals surface area contributed by atoms with E-state index in [1.807, 2.05) is 25.1 Å². The van der Waals surface area contributed by atoms with E-state index in [4.69, 9.17) is 16.3 Å². The van der Waals surface area contributed by atoms with Gasteiger partial charge in [-0.15, -0.1) is 0 Å². The van der Waals surface area contributed by atoms with Gasteiger partial charge in [0.25, 0.3) is 5.56 Å². The van der Waals surface area contributed by atoms with Crippen LogP contribution in [0.2, 0.25) is 5.02 Å². The van der Waals surface area contributed by atoms with Gasteiger partial charge in [0.2, 0.25) is 5.91 Å². The van der Waals surface area contributed by atoms with Crippen molar-refractivity contribution in [2.75, 3.05) is 5.32 Å². The molecule has 5 nitrogen and oxygen atoms in total. The third-order valence-corrected chi connectivity index (χ3v) is 5.90. The van der Waals surface area contributed by atoms with E-state index in [1.165, 1.54) is 6.07 Å². The summed E-state index contributed by atoms with van der Waals surface area (Å²) in [6, 6.07) is 10.5. The minimum Gasteiger partial charge on any atom is -0.374 e. The molecular weight excluding hydrogens is 352 g/mol. The van der Waals surface area contributed by atoms with Gasteiger partial charge in [-0.2, -0.15) is 0 Å². The highest BCUT2D eigenvalue weighted by Gasteiger charge is 2.53. The molecule has 136 valence electrons. The van der Waals surface area contributed by atoms with Crippen molar-refractivity contribution in [1.82, 2.24) is 4.57 Å². The fraction of sp³-hybridized carbons (Fsp3) is 0.400. The Kier molecular flexibility index (Phi) is 4.37. The summed E-state index contributed by atoms with van der Waals surface area (Å²) < 4.78 is 7.40. The van der Waals surface area contributed by atoms with Crippen LogP contribution in [0.5, 0.6) is 0 Å². The minimum absolute atomic E-state index is 0.0125. The zero-order valence-corrected chi connectivity index (χ0v) is 15.3. The zero-order valence-electron chi connectivity index (χ0n) is 14.6. The molecule has 3 unspecified atom stereocenters. The zero-order chi connectivity index (χ0) is 18.3. The van der Waals surface area contributed by atoms with Gasteiger partial charge >= 0.3 is 0 Å². The summed E-state index contributed by atoms with van der Waals surface area (Å²) in [5.74, 6) is -0.0485. The molecule has 2 aromatic rings. The number of carbonyl (C=O) groups is 1. The molecule has 2 fully saturated rings. The lowest BCUT2D eigenvalue weighted by molar-refractivity contribution is -0.127. The summed E-state index contributed by atoms with van der Waals surface area (Å²) >= 11 is 6.19. The Morgan fingerprint density at radius 1 is 1.31 bits per heavy atom. The van der Waals surface area contributed by atoms with E-state index < -0.39 is 5.41 Å². The Bertz CT molecular complexity index is 910. The van der Waals surface area contributed by atoms with Gasteiger partial charge in [0.05, 0.1) is 29.9 Å². The molecule has 2 saturated heterocycles.